The van der Waals surface area contributed by atoms with Crippen molar-refractivity contribution in [3.63, 3.8) is 0 Å². The molecular weight excluding hydrogens is 318 g/mol. The summed E-state index contributed by atoms with van der Waals surface area (Å²) in [7, 11) is 0. The van der Waals surface area contributed by atoms with Crippen LogP contribution in [0.2, 0.25) is 0 Å². The number of nitrogens with zero attached hydrogens (tertiary/aromatic N) is 2. The van der Waals surface area contributed by atoms with Crippen LogP contribution in [-0.4, -0.2) is 22.5 Å². The summed E-state index contributed by atoms with van der Waals surface area (Å²) in [5, 5.41) is 11.4. The number of thioether (sulfide) groups is 1. The molecule has 1 saturated heterocycles. The van der Waals surface area contributed by atoms with Gasteiger partial charge in [0.05, 0.1) is 11.5 Å². The number of amides is 1. The van der Waals surface area contributed by atoms with E-state index in [1.807, 2.05) is 31.2 Å². The molecule has 0 aromatic heterocycles. The molecule has 0 bridgehead atoms. The van der Waals surface area contributed by atoms with Crippen LogP contribution in [0.1, 0.15) is 22.3 Å². The standard InChI is InChI=1S/C19H19N3OS/c1-13-3-7-15(8-4-13)11-17-18(23)21-19(24-17)22-20-12-16-9-5-14(2)6-10-16/h3-10,12,17H,11H2,1-2H3,(H,21,22,23). The highest BCUT2D eigenvalue weighted by Gasteiger charge is 2.30. The van der Waals surface area contributed by atoms with Crippen LogP contribution >= 0.6 is 11.8 Å². The molecule has 4 nitrogen and oxygen atoms in total. The van der Waals surface area contributed by atoms with Crippen molar-refractivity contribution in [2.45, 2.75) is 25.5 Å². The highest BCUT2D eigenvalue weighted by atomic mass is 32.2. The maximum Gasteiger partial charge on any atom is 0.239 e. The first-order valence-electron chi connectivity index (χ1n) is 7.81. The van der Waals surface area contributed by atoms with Gasteiger partial charge >= 0.3 is 0 Å². The molecular formula is C19H19N3OS. The first-order chi connectivity index (χ1) is 11.6. The molecule has 122 valence electrons. The average molecular weight is 337 g/mol. The summed E-state index contributed by atoms with van der Waals surface area (Å²) in [5.74, 6) is -0.00939. The predicted molar refractivity (Wildman–Crippen MR) is 101 cm³/mol. The Morgan fingerprint density at radius 3 is 2.33 bits per heavy atom. The van der Waals surface area contributed by atoms with Gasteiger partial charge in [-0.25, -0.2) is 0 Å². The van der Waals surface area contributed by atoms with Gasteiger partial charge in [-0.3, -0.25) is 4.79 Å². The molecule has 2 aromatic carbocycles. The summed E-state index contributed by atoms with van der Waals surface area (Å²) in [4.78, 5) is 12.1. The Morgan fingerprint density at radius 1 is 1.04 bits per heavy atom. The number of hydrogen-bond acceptors (Lipinski definition) is 4. The fraction of sp³-hybridized carbons (Fsp3) is 0.211. The largest absolute Gasteiger partial charge is 0.303 e. The molecule has 2 aromatic rings. The van der Waals surface area contributed by atoms with E-state index in [1.54, 1.807) is 6.21 Å². The second-order valence-corrected chi connectivity index (χ2v) is 7.04. The van der Waals surface area contributed by atoms with Gasteiger partial charge in [0, 0.05) is 0 Å². The van der Waals surface area contributed by atoms with Crippen LogP contribution in [0.3, 0.4) is 0 Å². The smallest absolute Gasteiger partial charge is 0.239 e. The molecule has 1 aliphatic heterocycles. The molecule has 0 aliphatic carbocycles. The molecule has 1 amide bonds. The monoisotopic (exact) mass is 337 g/mol. The molecule has 1 unspecified atom stereocenters. The van der Waals surface area contributed by atoms with Crippen LogP contribution in [0.4, 0.5) is 0 Å². The van der Waals surface area contributed by atoms with Gasteiger partial charge in [0.1, 0.15) is 0 Å². The number of nitrogens with one attached hydrogen (secondary N) is 1. The first kappa shape index (κ1) is 16.5. The third kappa shape index (κ3) is 4.32. The van der Waals surface area contributed by atoms with E-state index in [4.69, 9.17) is 0 Å². The molecule has 0 radical (unpaired) electrons. The zero-order valence-electron chi connectivity index (χ0n) is 13.7. The van der Waals surface area contributed by atoms with E-state index >= 15 is 0 Å². The summed E-state index contributed by atoms with van der Waals surface area (Å²) in [6, 6.07) is 16.3. The molecule has 3 rings (SSSR count). The number of rotatable bonds is 4. The molecule has 1 heterocycles. The van der Waals surface area contributed by atoms with Crippen LogP contribution in [-0.2, 0) is 11.2 Å². The van der Waals surface area contributed by atoms with E-state index in [0.29, 0.717) is 11.6 Å². The highest BCUT2D eigenvalue weighted by molar-refractivity contribution is 8.15. The second kappa shape index (κ2) is 7.45. The van der Waals surface area contributed by atoms with Gasteiger partial charge in [-0.1, -0.05) is 71.4 Å². The van der Waals surface area contributed by atoms with Crippen molar-refractivity contribution in [2.24, 2.45) is 10.2 Å². The fourth-order valence-electron chi connectivity index (χ4n) is 2.33. The quantitative estimate of drug-likeness (QED) is 0.686. The lowest BCUT2D eigenvalue weighted by molar-refractivity contribution is -0.118. The van der Waals surface area contributed by atoms with Crippen molar-refractivity contribution in [3.8, 4) is 0 Å². The molecule has 24 heavy (non-hydrogen) atoms. The summed E-state index contributed by atoms with van der Waals surface area (Å²) in [5.41, 5.74) is 4.55. The van der Waals surface area contributed by atoms with Gasteiger partial charge in [0.2, 0.25) is 5.91 Å². The van der Waals surface area contributed by atoms with Crippen molar-refractivity contribution in [1.29, 1.82) is 0 Å². The van der Waals surface area contributed by atoms with E-state index in [2.05, 4.69) is 46.7 Å². The van der Waals surface area contributed by atoms with Crippen molar-refractivity contribution in [1.82, 2.24) is 5.32 Å². The minimum Gasteiger partial charge on any atom is -0.303 e. The maximum absolute atomic E-state index is 12.1. The molecule has 1 aliphatic rings. The van der Waals surface area contributed by atoms with Crippen molar-refractivity contribution >= 4 is 29.1 Å². The summed E-state index contributed by atoms with van der Waals surface area (Å²) >= 11 is 1.43. The van der Waals surface area contributed by atoms with Crippen molar-refractivity contribution in [3.05, 3.63) is 70.8 Å². The van der Waals surface area contributed by atoms with E-state index in [9.17, 15) is 4.79 Å². The summed E-state index contributed by atoms with van der Waals surface area (Å²) in [6.07, 6.45) is 2.38. The van der Waals surface area contributed by atoms with Gasteiger partial charge in [-0.2, -0.15) is 5.10 Å². The summed E-state index contributed by atoms with van der Waals surface area (Å²) in [6.45, 7) is 4.09. The SMILES string of the molecule is Cc1ccc(C=NN=C2NC(=O)C(Cc3ccc(C)cc3)S2)cc1. The number of benzene rings is 2. The maximum atomic E-state index is 12.1. The number of aryl methyl sites for hydroxylation is 2. The second-order valence-electron chi connectivity index (χ2n) is 5.85. The fourth-order valence-corrected chi connectivity index (χ4v) is 3.29. The zero-order chi connectivity index (χ0) is 16.9. The molecule has 1 fully saturated rings. The first-order valence-corrected chi connectivity index (χ1v) is 8.69. The minimum atomic E-state index is -0.152. The third-order valence-electron chi connectivity index (χ3n) is 3.75. The van der Waals surface area contributed by atoms with Gasteiger partial charge in [0.15, 0.2) is 5.17 Å². The molecule has 0 spiro atoms. The third-order valence-corrected chi connectivity index (χ3v) is 4.82. The Hall–Kier alpha value is -2.40. The molecule has 5 heteroatoms. The Balaban J connectivity index is 1.61. The van der Waals surface area contributed by atoms with Gasteiger partial charge < -0.3 is 5.32 Å². The molecule has 1 atom stereocenters. The van der Waals surface area contributed by atoms with Crippen molar-refractivity contribution in [2.75, 3.05) is 0 Å². The van der Waals surface area contributed by atoms with Crippen molar-refractivity contribution < 1.29 is 4.79 Å². The minimum absolute atomic E-state index is 0.00939. The lowest BCUT2D eigenvalue weighted by Gasteiger charge is -2.05. The average Bonchev–Trinajstić information content (AvgIpc) is 2.91. The Bertz CT molecular complexity index is 779. The highest BCUT2D eigenvalue weighted by Crippen LogP contribution is 2.23. The van der Waals surface area contributed by atoms with Crippen LogP contribution in [0.5, 0.6) is 0 Å². The van der Waals surface area contributed by atoms with Crippen LogP contribution in [0.25, 0.3) is 0 Å². The number of carbonyl (C=O) groups excluding carboxylic acids is 1. The molecule has 0 saturated carbocycles. The van der Waals surface area contributed by atoms with E-state index in [0.717, 1.165) is 11.1 Å². The van der Waals surface area contributed by atoms with E-state index in [-0.39, 0.29) is 11.2 Å². The summed E-state index contributed by atoms with van der Waals surface area (Å²) < 4.78 is 0. The van der Waals surface area contributed by atoms with Gasteiger partial charge in [0.25, 0.3) is 0 Å². The van der Waals surface area contributed by atoms with Crippen LogP contribution in [0, 0.1) is 13.8 Å². The number of hydrogen-bond donors (Lipinski definition) is 1. The molecule has 1 N–H and O–H groups in total. The topological polar surface area (TPSA) is 53.8 Å². The predicted octanol–water partition coefficient (Wildman–Crippen LogP) is 3.47. The normalized spacial score (nSPS) is 19.2. The van der Waals surface area contributed by atoms with E-state index in [1.165, 1.54) is 22.9 Å². The van der Waals surface area contributed by atoms with Crippen LogP contribution < -0.4 is 5.32 Å². The van der Waals surface area contributed by atoms with Crippen LogP contribution in [0.15, 0.2) is 58.7 Å². The zero-order valence-corrected chi connectivity index (χ0v) is 14.5. The van der Waals surface area contributed by atoms with E-state index < -0.39 is 0 Å². The lowest BCUT2D eigenvalue weighted by Crippen LogP contribution is -2.25. The number of carbonyl (C=O) groups is 1. The van der Waals surface area contributed by atoms with Gasteiger partial charge in [-0.05, 0) is 31.4 Å². The Morgan fingerprint density at radius 2 is 1.67 bits per heavy atom. The number of amidine groups is 1. The Kier molecular flexibility index (Phi) is 5.11. The Labute approximate surface area is 146 Å². The lowest BCUT2D eigenvalue weighted by atomic mass is 10.1. The van der Waals surface area contributed by atoms with Gasteiger partial charge in [-0.15, -0.1) is 5.10 Å².